The molecule has 8 nitrogen and oxygen atoms in total. The number of benzene rings is 2. The van der Waals surface area contributed by atoms with Crippen molar-refractivity contribution >= 4 is 45.1 Å². The van der Waals surface area contributed by atoms with E-state index in [1.54, 1.807) is 23.9 Å². The Balaban J connectivity index is 1.44. The van der Waals surface area contributed by atoms with Crippen LogP contribution in [0.3, 0.4) is 0 Å². The number of anilines is 1. The summed E-state index contributed by atoms with van der Waals surface area (Å²) in [6, 6.07) is 10.9. The lowest BCUT2D eigenvalue weighted by Crippen LogP contribution is -2.13. The smallest absolute Gasteiger partial charge is 0.412 e. The van der Waals surface area contributed by atoms with Crippen molar-refractivity contribution in [3.63, 3.8) is 0 Å². The number of rotatable bonds is 5. The minimum absolute atomic E-state index is 0.119. The number of aromatic nitrogens is 4. The third-order valence-electron chi connectivity index (χ3n) is 4.45. The van der Waals surface area contributed by atoms with Gasteiger partial charge in [0.1, 0.15) is 27.9 Å². The van der Waals surface area contributed by atoms with E-state index in [-0.39, 0.29) is 6.61 Å². The summed E-state index contributed by atoms with van der Waals surface area (Å²) in [4.78, 5) is 16.8. The highest BCUT2D eigenvalue weighted by Gasteiger charge is 2.16. The van der Waals surface area contributed by atoms with E-state index < -0.39 is 6.09 Å². The normalized spacial score (nSPS) is 10.9. The van der Waals surface area contributed by atoms with E-state index in [0.717, 1.165) is 22.2 Å². The molecule has 0 atom stereocenters. The van der Waals surface area contributed by atoms with Gasteiger partial charge in [-0.3, -0.25) is 5.32 Å². The predicted molar refractivity (Wildman–Crippen MR) is 116 cm³/mol. The number of halogens is 1. The molecule has 10 heteroatoms. The van der Waals surface area contributed by atoms with Crippen molar-refractivity contribution in [3.05, 3.63) is 52.7 Å². The van der Waals surface area contributed by atoms with Crippen molar-refractivity contribution in [2.24, 2.45) is 7.05 Å². The lowest BCUT2D eigenvalue weighted by molar-refractivity contribution is 0.155. The zero-order valence-electron chi connectivity index (χ0n) is 16.5. The van der Waals surface area contributed by atoms with Crippen LogP contribution in [0.25, 0.3) is 21.6 Å². The molecule has 0 aliphatic heterocycles. The van der Waals surface area contributed by atoms with Gasteiger partial charge in [-0.05, 0) is 42.8 Å². The van der Waals surface area contributed by atoms with E-state index >= 15 is 0 Å². The molecule has 0 spiro atoms. The minimum atomic E-state index is -0.560. The van der Waals surface area contributed by atoms with Gasteiger partial charge in [-0.25, -0.2) is 14.5 Å². The van der Waals surface area contributed by atoms with Gasteiger partial charge in [-0.1, -0.05) is 34.2 Å². The molecule has 1 amide bonds. The van der Waals surface area contributed by atoms with Crippen LogP contribution in [0.5, 0.6) is 5.75 Å². The van der Waals surface area contributed by atoms with Gasteiger partial charge in [0, 0.05) is 12.1 Å². The number of ether oxygens (including phenoxy) is 2. The molecule has 154 valence electrons. The second-order valence-corrected chi connectivity index (χ2v) is 7.95. The summed E-state index contributed by atoms with van der Waals surface area (Å²) in [5.74, 6) is 0.616. The fraction of sp³-hybridized carbons (Fsp3) is 0.200. The maximum atomic E-state index is 12.3. The van der Waals surface area contributed by atoms with Crippen LogP contribution in [0.2, 0.25) is 5.02 Å². The summed E-state index contributed by atoms with van der Waals surface area (Å²) in [5, 5.41) is 12.7. The van der Waals surface area contributed by atoms with Gasteiger partial charge in [-0.15, -0.1) is 5.10 Å². The Morgan fingerprint density at radius 1 is 1.27 bits per heavy atom. The van der Waals surface area contributed by atoms with Crippen molar-refractivity contribution in [2.45, 2.75) is 13.5 Å². The summed E-state index contributed by atoms with van der Waals surface area (Å²) >= 11 is 7.36. The molecule has 0 unspecified atom stereocenters. The van der Waals surface area contributed by atoms with Gasteiger partial charge < -0.3 is 9.47 Å². The second kappa shape index (κ2) is 8.29. The first kappa shape index (κ1) is 20.1. The first-order valence-corrected chi connectivity index (χ1v) is 10.2. The van der Waals surface area contributed by atoms with Crippen molar-refractivity contribution in [1.82, 2.24) is 20.0 Å². The van der Waals surface area contributed by atoms with E-state index in [2.05, 4.69) is 20.6 Å². The summed E-state index contributed by atoms with van der Waals surface area (Å²) in [7, 11) is 3.40. The number of carbonyl (C=O) groups is 1. The Labute approximate surface area is 181 Å². The summed E-state index contributed by atoms with van der Waals surface area (Å²) < 4.78 is 12.4. The largest absolute Gasteiger partial charge is 0.496 e. The van der Waals surface area contributed by atoms with E-state index in [0.29, 0.717) is 26.5 Å². The zero-order chi connectivity index (χ0) is 21.3. The van der Waals surface area contributed by atoms with Crippen LogP contribution < -0.4 is 10.1 Å². The average molecular weight is 444 g/mol. The van der Waals surface area contributed by atoms with Crippen molar-refractivity contribution in [3.8, 4) is 16.3 Å². The van der Waals surface area contributed by atoms with Gasteiger partial charge >= 0.3 is 6.09 Å². The maximum Gasteiger partial charge on any atom is 0.412 e. The number of nitrogens with zero attached hydrogens (tertiary/aromatic N) is 4. The Morgan fingerprint density at radius 2 is 2.10 bits per heavy atom. The zero-order valence-corrected chi connectivity index (χ0v) is 18.0. The topological polar surface area (TPSA) is 91.2 Å². The number of aryl methyl sites for hydroxylation is 2. The molecule has 0 aliphatic carbocycles. The third kappa shape index (κ3) is 4.07. The highest BCUT2D eigenvalue weighted by Crippen LogP contribution is 2.38. The molecule has 2 aromatic carbocycles. The first-order valence-electron chi connectivity index (χ1n) is 8.98. The number of hydrogen-bond acceptors (Lipinski definition) is 7. The van der Waals surface area contributed by atoms with E-state index in [4.69, 9.17) is 21.1 Å². The van der Waals surface area contributed by atoms with Crippen molar-refractivity contribution in [1.29, 1.82) is 0 Å². The van der Waals surface area contributed by atoms with Gasteiger partial charge in [-0.2, -0.15) is 0 Å². The molecule has 0 fully saturated rings. The molecule has 2 aromatic heterocycles. The summed E-state index contributed by atoms with van der Waals surface area (Å²) in [6.07, 6.45) is -0.560. The monoisotopic (exact) mass is 443 g/mol. The van der Waals surface area contributed by atoms with Crippen LogP contribution in [0, 0.1) is 6.92 Å². The van der Waals surface area contributed by atoms with Gasteiger partial charge in [0.2, 0.25) is 0 Å². The lowest BCUT2D eigenvalue weighted by atomic mass is 10.2. The molecule has 0 radical (unpaired) electrons. The number of nitrogens with one attached hydrogen (secondary N) is 1. The van der Waals surface area contributed by atoms with Crippen LogP contribution >= 0.6 is 22.9 Å². The Hall–Kier alpha value is -3.17. The van der Waals surface area contributed by atoms with Crippen molar-refractivity contribution in [2.75, 3.05) is 12.4 Å². The number of hydrogen-bond donors (Lipinski definition) is 1. The molecule has 2 heterocycles. The number of methoxy groups -OCH3 is 1. The maximum absolute atomic E-state index is 12.3. The summed E-state index contributed by atoms with van der Waals surface area (Å²) in [6.45, 7) is 1.94. The first-order chi connectivity index (χ1) is 14.4. The van der Waals surface area contributed by atoms with E-state index in [1.165, 1.54) is 11.3 Å². The van der Waals surface area contributed by atoms with Crippen LogP contribution in [-0.2, 0) is 18.4 Å². The highest BCUT2D eigenvalue weighted by atomic mass is 35.5. The fourth-order valence-corrected chi connectivity index (χ4v) is 4.07. The van der Waals surface area contributed by atoms with Gasteiger partial charge in [0.05, 0.1) is 23.9 Å². The molecule has 30 heavy (non-hydrogen) atoms. The molecule has 0 saturated carbocycles. The van der Waals surface area contributed by atoms with E-state index in [9.17, 15) is 4.79 Å². The number of thiazole rings is 1. The van der Waals surface area contributed by atoms with Crippen LogP contribution in [-0.4, -0.2) is 33.2 Å². The Morgan fingerprint density at radius 3 is 2.90 bits per heavy atom. The summed E-state index contributed by atoms with van der Waals surface area (Å²) in [5.41, 5.74) is 3.97. The Kier molecular flexibility index (Phi) is 5.56. The number of amides is 1. The molecule has 1 N–H and O–H groups in total. The predicted octanol–water partition coefficient (Wildman–Crippen LogP) is 4.81. The Bertz CT molecular complexity index is 1240. The van der Waals surface area contributed by atoms with Crippen LogP contribution in [0.15, 0.2) is 36.4 Å². The quantitative estimate of drug-likeness (QED) is 0.476. The number of fused-ring (bicyclic) bond motifs is 1. The molecule has 4 aromatic rings. The highest BCUT2D eigenvalue weighted by molar-refractivity contribution is 7.19. The van der Waals surface area contributed by atoms with E-state index in [1.807, 2.05) is 38.2 Å². The van der Waals surface area contributed by atoms with Gasteiger partial charge in [0.25, 0.3) is 0 Å². The van der Waals surface area contributed by atoms with Gasteiger partial charge in [0.15, 0.2) is 0 Å². The molecular formula is C20H18ClN5O3S. The molecule has 0 bridgehead atoms. The lowest BCUT2D eigenvalue weighted by Gasteiger charge is -2.06. The van der Waals surface area contributed by atoms with Crippen LogP contribution in [0.1, 0.15) is 11.3 Å². The molecule has 4 rings (SSSR count). The molecular weight excluding hydrogens is 426 g/mol. The van der Waals surface area contributed by atoms with Crippen molar-refractivity contribution < 1.29 is 14.3 Å². The standard InChI is InChI=1S/C20H18ClN5O3S/c1-11-18(30-19(22-11)14-6-5-13(21)9-17(14)28-3)23-20(27)29-10-12-4-7-16-15(8-12)24-25-26(16)2/h4-9H,10H2,1-3H3,(H,23,27). The molecule has 0 saturated heterocycles. The third-order valence-corrected chi connectivity index (χ3v) is 5.79. The SMILES string of the molecule is COc1cc(Cl)ccc1-c1nc(C)c(NC(=O)OCc2ccc3c(c2)nnn3C)s1. The van der Waals surface area contributed by atoms with Crippen LogP contribution in [0.4, 0.5) is 9.80 Å². The fourth-order valence-electron chi connectivity index (χ4n) is 2.92. The average Bonchev–Trinajstić information content (AvgIpc) is 3.28. The second-order valence-electron chi connectivity index (χ2n) is 6.52. The number of carbonyl (C=O) groups excluding carboxylic acids is 1. The molecule has 0 aliphatic rings. The minimum Gasteiger partial charge on any atom is -0.496 e.